The number of methoxy groups -OCH3 is 1. The predicted molar refractivity (Wildman–Crippen MR) is 69.4 cm³/mol. The van der Waals surface area contributed by atoms with Crippen LogP contribution in [0.15, 0.2) is 0 Å². The lowest BCUT2D eigenvalue weighted by atomic mass is 9.94. The monoisotopic (exact) mass is 302 g/mol. The second-order valence-corrected chi connectivity index (χ2v) is 6.48. The average Bonchev–Trinajstić information content (AvgIpc) is 2.72. The minimum atomic E-state index is -0.837. The van der Waals surface area contributed by atoms with Crippen LogP contribution in [0.4, 0.5) is 0 Å². The van der Waals surface area contributed by atoms with Crippen LogP contribution < -0.4 is 0 Å². The third-order valence-corrected chi connectivity index (χ3v) is 3.92. The zero-order chi connectivity index (χ0) is 15.4. The van der Waals surface area contributed by atoms with Gasteiger partial charge >= 0.3 is 5.97 Å². The molecule has 3 rings (SSSR count). The number of carbonyl (C=O) groups excluding carboxylic acids is 1. The van der Waals surface area contributed by atoms with Gasteiger partial charge in [-0.15, -0.1) is 0 Å². The van der Waals surface area contributed by atoms with Crippen molar-refractivity contribution >= 4 is 5.97 Å². The Morgan fingerprint density at radius 2 is 1.62 bits per heavy atom. The molecule has 0 saturated carbocycles. The summed E-state index contributed by atoms with van der Waals surface area (Å²) in [6.07, 6.45) is -2.52. The molecular formula is C14H22O7. The maximum atomic E-state index is 12.0. The molecule has 0 aromatic heterocycles. The second-order valence-electron chi connectivity index (χ2n) is 6.48. The smallest absolute Gasteiger partial charge is 0.337 e. The number of hydrogen-bond acceptors (Lipinski definition) is 7. The maximum Gasteiger partial charge on any atom is 0.337 e. The highest BCUT2D eigenvalue weighted by Gasteiger charge is 2.60. The maximum absolute atomic E-state index is 12.0. The van der Waals surface area contributed by atoms with Crippen LogP contribution in [-0.4, -0.2) is 61.8 Å². The van der Waals surface area contributed by atoms with Crippen molar-refractivity contribution in [3.05, 3.63) is 0 Å². The van der Waals surface area contributed by atoms with Crippen LogP contribution in [0.5, 0.6) is 0 Å². The Hall–Kier alpha value is -0.730. The predicted octanol–water partition coefficient (Wildman–Crippen LogP) is 0.598. The summed E-state index contributed by atoms with van der Waals surface area (Å²) >= 11 is 0. The van der Waals surface area contributed by atoms with Gasteiger partial charge in [0, 0.05) is 0 Å². The molecule has 0 aromatic rings. The highest BCUT2D eigenvalue weighted by molar-refractivity contribution is 5.75. The van der Waals surface area contributed by atoms with Gasteiger partial charge in [0.2, 0.25) is 0 Å². The number of esters is 1. The molecule has 0 aliphatic carbocycles. The first-order chi connectivity index (χ1) is 9.72. The first-order valence-electron chi connectivity index (χ1n) is 7.13. The van der Waals surface area contributed by atoms with Crippen LogP contribution in [0.25, 0.3) is 0 Å². The van der Waals surface area contributed by atoms with E-state index in [1.165, 1.54) is 7.11 Å². The van der Waals surface area contributed by atoms with Gasteiger partial charge in [-0.1, -0.05) is 0 Å². The summed E-state index contributed by atoms with van der Waals surface area (Å²) in [6.45, 7) is 7.62. The van der Waals surface area contributed by atoms with E-state index in [1.54, 1.807) is 13.8 Å². The van der Waals surface area contributed by atoms with Crippen molar-refractivity contribution in [3.63, 3.8) is 0 Å². The molecule has 0 amide bonds. The fourth-order valence-corrected chi connectivity index (χ4v) is 3.09. The molecule has 0 bridgehead atoms. The van der Waals surface area contributed by atoms with Crippen LogP contribution in [-0.2, 0) is 33.2 Å². The average molecular weight is 302 g/mol. The normalized spacial score (nSPS) is 43.8. The van der Waals surface area contributed by atoms with Crippen LogP contribution in [0.3, 0.4) is 0 Å². The first-order valence-corrected chi connectivity index (χ1v) is 7.13. The van der Waals surface area contributed by atoms with Gasteiger partial charge in [-0.3, -0.25) is 0 Å². The molecule has 0 radical (unpaired) electrons. The molecule has 3 saturated heterocycles. The van der Waals surface area contributed by atoms with Crippen LogP contribution in [0, 0.1) is 0 Å². The summed E-state index contributed by atoms with van der Waals surface area (Å²) in [6, 6.07) is 0. The van der Waals surface area contributed by atoms with E-state index in [2.05, 4.69) is 0 Å². The van der Waals surface area contributed by atoms with E-state index in [1.807, 2.05) is 13.8 Å². The van der Waals surface area contributed by atoms with Crippen molar-refractivity contribution in [2.24, 2.45) is 0 Å². The first kappa shape index (κ1) is 15.2. The van der Waals surface area contributed by atoms with Crippen molar-refractivity contribution < 1.29 is 33.2 Å². The van der Waals surface area contributed by atoms with Crippen LogP contribution in [0.2, 0.25) is 0 Å². The molecule has 0 spiro atoms. The minimum absolute atomic E-state index is 0.332. The molecule has 3 heterocycles. The van der Waals surface area contributed by atoms with Gasteiger partial charge in [0.05, 0.1) is 13.7 Å². The Balaban J connectivity index is 1.88. The summed E-state index contributed by atoms with van der Waals surface area (Å²) in [7, 11) is 1.32. The standard InChI is InChI=1S/C14H22O7/c1-13(2)17-6-7-8(19-13)9-10(21-14(3,4)20-9)11(18-7)12(15)16-5/h7-11H,6H2,1-5H3/t7-,8+,9-,10-,11-/m0/s1. The van der Waals surface area contributed by atoms with Crippen LogP contribution in [0.1, 0.15) is 27.7 Å². The van der Waals surface area contributed by atoms with Crippen molar-refractivity contribution in [1.82, 2.24) is 0 Å². The van der Waals surface area contributed by atoms with Crippen molar-refractivity contribution in [1.29, 1.82) is 0 Å². The molecule has 7 heteroatoms. The minimum Gasteiger partial charge on any atom is -0.467 e. The van der Waals surface area contributed by atoms with Gasteiger partial charge in [-0.25, -0.2) is 4.79 Å². The molecule has 5 atom stereocenters. The van der Waals surface area contributed by atoms with Gasteiger partial charge in [0.1, 0.15) is 24.4 Å². The number of fused-ring (bicyclic) bond motifs is 3. The lowest BCUT2D eigenvalue weighted by Crippen LogP contribution is -2.64. The third-order valence-electron chi connectivity index (χ3n) is 3.92. The quantitative estimate of drug-likeness (QED) is 0.657. The fraction of sp³-hybridized carbons (Fsp3) is 0.929. The molecule has 3 aliphatic rings. The van der Waals surface area contributed by atoms with E-state index in [9.17, 15) is 4.79 Å². The molecule has 0 unspecified atom stereocenters. The lowest BCUT2D eigenvalue weighted by molar-refractivity contribution is -0.346. The Labute approximate surface area is 123 Å². The molecule has 0 aromatic carbocycles. The summed E-state index contributed by atoms with van der Waals surface area (Å²) in [5.74, 6) is -2.00. The molecule has 0 N–H and O–H groups in total. The Morgan fingerprint density at radius 1 is 1.00 bits per heavy atom. The molecule has 3 fully saturated rings. The van der Waals surface area contributed by atoms with Gasteiger partial charge in [0.25, 0.3) is 0 Å². The topological polar surface area (TPSA) is 72.5 Å². The van der Waals surface area contributed by atoms with Crippen molar-refractivity contribution in [2.75, 3.05) is 13.7 Å². The van der Waals surface area contributed by atoms with Crippen molar-refractivity contribution in [3.8, 4) is 0 Å². The summed E-state index contributed by atoms with van der Waals surface area (Å²) in [4.78, 5) is 12.0. The van der Waals surface area contributed by atoms with E-state index in [0.29, 0.717) is 6.61 Å². The molecule has 7 nitrogen and oxygen atoms in total. The van der Waals surface area contributed by atoms with Crippen molar-refractivity contribution in [2.45, 2.75) is 69.8 Å². The zero-order valence-electron chi connectivity index (χ0n) is 13.0. The van der Waals surface area contributed by atoms with E-state index < -0.39 is 35.9 Å². The molecule has 21 heavy (non-hydrogen) atoms. The third kappa shape index (κ3) is 2.68. The number of ether oxygens (including phenoxy) is 6. The van der Waals surface area contributed by atoms with E-state index >= 15 is 0 Å². The Morgan fingerprint density at radius 3 is 2.29 bits per heavy atom. The SMILES string of the molecule is COC(=O)[C@H]1O[C@H]2COC(C)(C)O[C@H]2[C@@H]2OC(C)(C)O[C@@H]21. The number of carbonyl (C=O) groups is 1. The van der Waals surface area contributed by atoms with Gasteiger partial charge < -0.3 is 28.4 Å². The van der Waals surface area contributed by atoms with Gasteiger partial charge in [-0.2, -0.15) is 0 Å². The van der Waals surface area contributed by atoms with Crippen LogP contribution >= 0.6 is 0 Å². The second kappa shape index (κ2) is 4.89. The van der Waals surface area contributed by atoms with E-state index in [0.717, 1.165) is 0 Å². The molecule has 3 aliphatic heterocycles. The van der Waals surface area contributed by atoms with E-state index in [4.69, 9.17) is 28.4 Å². The van der Waals surface area contributed by atoms with E-state index in [-0.39, 0.29) is 12.2 Å². The lowest BCUT2D eigenvalue weighted by Gasteiger charge is -2.47. The Kier molecular flexibility index (Phi) is 3.53. The summed E-state index contributed by atoms with van der Waals surface area (Å²) in [5.41, 5.74) is 0. The number of rotatable bonds is 1. The molecule has 120 valence electrons. The Bertz CT molecular complexity index is 433. The number of hydrogen-bond donors (Lipinski definition) is 0. The highest BCUT2D eigenvalue weighted by Crippen LogP contribution is 2.42. The summed E-state index contributed by atoms with van der Waals surface area (Å²) in [5, 5.41) is 0. The summed E-state index contributed by atoms with van der Waals surface area (Å²) < 4.78 is 33.9. The fourth-order valence-electron chi connectivity index (χ4n) is 3.09. The van der Waals surface area contributed by atoms with Gasteiger partial charge in [-0.05, 0) is 27.7 Å². The molecular weight excluding hydrogens is 280 g/mol. The van der Waals surface area contributed by atoms with Gasteiger partial charge in [0.15, 0.2) is 17.7 Å². The highest BCUT2D eigenvalue weighted by atomic mass is 16.8. The largest absolute Gasteiger partial charge is 0.467 e. The zero-order valence-corrected chi connectivity index (χ0v) is 13.0.